The van der Waals surface area contributed by atoms with Crippen molar-refractivity contribution in [3.63, 3.8) is 0 Å². The molecule has 1 heterocycles. The molecule has 0 atom stereocenters. The largest absolute Gasteiger partial charge is 0.274 e. The van der Waals surface area contributed by atoms with E-state index < -0.39 is 0 Å². The van der Waals surface area contributed by atoms with Gasteiger partial charge in [-0.25, -0.2) is 0 Å². The van der Waals surface area contributed by atoms with Crippen LogP contribution >= 0.6 is 0 Å². The third kappa shape index (κ3) is 2.23. The number of hydrogen-bond donors (Lipinski definition) is 0. The Kier molecular flexibility index (Phi) is 2.77. The highest BCUT2D eigenvalue weighted by Crippen LogP contribution is 2.27. The summed E-state index contributed by atoms with van der Waals surface area (Å²) in [6, 6.07) is 7.66. The van der Waals surface area contributed by atoms with Crippen molar-refractivity contribution in [3.05, 3.63) is 29.8 Å². The molecule has 2 amide bonds. The number of hydrogen-bond acceptors (Lipinski definition) is 2. The maximum absolute atomic E-state index is 11.6. The molecule has 0 aliphatic carbocycles. The van der Waals surface area contributed by atoms with Gasteiger partial charge in [-0.3, -0.25) is 14.5 Å². The average molecular weight is 231 g/mol. The van der Waals surface area contributed by atoms with Crippen LogP contribution in [-0.2, 0) is 15.0 Å². The lowest BCUT2D eigenvalue weighted by Crippen LogP contribution is -2.28. The molecule has 0 radical (unpaired) electrons. The van der Waals surface area contributed by atoms with Gasteiger partial charge < -0.3 is 0 Å². The van der Waals surface area contributed by atoms with Crippen molar-refractivity contribution in [1.82, 2.24) is 0 Å². The predicted octanol–water partition coefficient (Wildman–Crippen LogP) is 2.64. The van der Waals surface area contributed by atoms with E-state index in [0.29, 0.717) is 18.5 Å². The van der Waals surface area contributed by atoms with Crippen LogP contribution in [-0.4, -0.2) is 11.8 Å². The monoisotopic (exact) mass is 231 g/mol. The summed E-state index contributed by atoms with van der Waals surface area (Å²) >= 11 is 0. The Morgan fingerprint density at radius 3 is 1.82 bits per heavy atom. The molecule has 0 saturated carbocycles. The van der Waals surface area contributed by atoms with Crippen molar-refractivity contribution in [2.75, 3.05) is 4.90 Å². The molecule has 0 aromatic heterocycles. The Hall–Kier alpha value is -1.64. The molecule has 0 spiro atoms. The standard InChI is InChI=1S/C14H17NO2/c1-14(2,3)10-4-6-11(7-5-10)15-12(16)8-9-13(15)17/h4-7H,8-9H2,1-3H3. The van der Waals surface area contributed by atoms with Crippen LogP contribution in [0.15, 0.2) is 24.3 Å². The Morgan fingerprint density at radius 2 is 1.41 bits per heavy atom. The SMILES string of the molecule is CC(C)(C)c1ccc(N2C(=O)CCC2=O)cc1. The highest BCUT2D eigenvalue weighted by molar-refractivity contribution is 6.19. The maximum atomic E-state index is 11.6. The fraction of sp³-hybridized carbons (Fsp3) is 0.429. The van der Waals surface area contributed by atoms with Crippen molar-refractivity contribution < 1.29 is 9.59 Å². The van der Waals surface area contributed by atoms with Crippen LogP contribution in [0.1, 0.15) is 39.2 Å². The summed E-state index contributed by atoms with van der Waals surface area (Å²) in [6.45, 7) is 6.40. The molecule has 90 valence electrons. The lowest BCUT2D eigenvalue weighted by atomic mass is 9.87. The van der Waals surface area contributed by atoms with Gasteiger partial charge in [0.2, 0.25) is 11.8 Å². The minimum Gasteiger partial charge on any atom is -0.274 e. The first-order valence-electron chi connectivity index (χ1n) is 5.86. The van der Waals surface area contributed by atoms with Gasteiger partial charge in [-0.2, -0.15) is 0 Å². The first-order valence-corrected chi connectivity index (χ1v) is 5.86. The zero-order chi connectivity index (χ0) is 12.6. The van der Waals surface area contributed by atoms with Crippen molar-refractivity contribution in [3.8, 4) is 0 Å². The first kappa shape index (κ1) is 11.8. The van der Waals surface area contributed by atoms with Gasteiger partial charge in [0, 0.05) is 12.8 Å². The second-order valence-electron chi connectivity index (χ2n) is 5.42. The van der Waals surface area contributed by atoms with Crippen LogP contribution < -0.4 is 4.90 Å². The van der Waals surface area contributed by atoms with Crippen LogP contribution in [0.25, 0.3) is 0 Å². The number of rotatable bonds is 1. The lowest BCUT2D eigenvalue weighted by molar-refractivity contribution is -0.121. The van der Waals surface area contributed by atoms with Gasteiger partial charge >= 0.3 is 0 Å². The van der Waals surface area contributed by atoms with E-state index in [-0.39, 0.29) is 17.2 Å². The van der Waals surface area contributed by atoms with E-state index in [1.807, 2.05) is 24.3 Å². The number of anilines is 1. The summed E-state index contributed by atoms with van der Waals surface area (Å²) in [5.74, 6) is -0.197. The number of carbonyl (C=O) groups is 2. The Balaban J connectivity index is 2.30. The number of benzene rings is 1. The van der Waals surface area contributed by atoms with Gasteiger partial charge in [0.15, 0.2) is 0 Å². The molecule has 1 aromatic rings. The Morgan fingerprint density at radius 1 is 0.941 bits per heavy atom. The number of nitrogens with zero attached hydrogens (tertiary/aromatic N) is 1. The van der Waals surface area contributed by atoms with E-state index in [9.17, 15) is 9.59 Å². The number of amides is 2. The normalized spacial score (nSPS) is 16.8. The minimum atomic E-state index is -0.0986. The van der Waals surface area contributed by atoms with Crippen molar-refractivity contribution in [2.45, 2.75) is 39.0 Å². The summed E-state index contributed by atoms with van der Waals surface area (Å²) in [5, 5.41) is 0. The number of carbonyl (C=O) groups excluding carboxylic acids is 2. The van der Waals surface area contributed by atoms with Gasteiger partial charge in [0.25, 0.3) is 0 Å². The van der Waals surface area contributed by atoms with Gasteiger partial charge in [0.1, 0.15) is 0 Å². The van der Waals surface area contributed by atoms with Crippen LogP contribution in [0.2, 0.25) is 0 Å². The van der Waals surface area contributed by atoms with Gasteiger partial charge in [-0.05, 0) is 23.1 Å². The quantitative estimate of drug-likeness (QED) is 0.697. The second-order valence-corrected chi connectivity index (χ2v) is 5.42. The lowest BCUT2D eigenvalue weighted by Gasteiger charge is -2.20. The smallest absolute Gasteiger partial charge is 0.234 e. The summed E-state index contributed by atoms with van der Waals surface area (Å²) < 4.78 is 0. The zero-order valence-corrected chi connectivity index (χ0v) is 10.5. The van der Waals surface area contributed by atoms with Gasteiger partial charge in [-0.15, -0.1) is 0 Å². The molecular formula is C14H17NO2. The second kappa shape index (κ2) is 3.99. The molecule has 0 unspecified atom stereocenters. The summed E-state index contributed by atoms with van der Waals surface area (Å²) in [4.78, 5) is 24.4. The van der Waals surface area contributed by atoms with E-state index >= 15 is 0 Å². The Labute approximate surface area is 101 Å². The molecule has 1 saturated heterocycles. The van der Waals surface area contributed by atoms with E-state index in [2.05, 4.69) is 20.8 Å². The molecule has 1 fully saturated rings. The molecule has 2 rings (SSSR count). The molecule has 1 aliphatic heterocycles. The molecule has 0 bridgehead atoms. The maximum Gasteiger partial charge on any atom is 0.234 e. The molecule has 3 heteroatoms. The average Bonchev–Trinajstić information content (AvgIpc) is 2.58. The van der Waals surface area contributed by atoms with Gasteiger partial charge in [0.05, 0.1) is 5.69 Å². The Bertz CT molecular complexity index is 438. The van der Waals surface area contributed by atoms with E-state index in [1.54, 1.807) is 0 Å². The van der Waals surface area contributed by atoms with E-state index in [4.69, 9.17) is 0 Å². The third-order valence-corrected chi connectivity index (χ3v) is 3.04. The summed E-state index contributed by atoms with van der Waals surface area (Å²) in [7, 11) is 0. The minimum absolute atomic E-state index is 0.0809. The molecule has 0 N–H and O–H groups in total. The predicted molar refractivity (Wildman–Crippen MR) is 66.9 cm³/mol. The van der Waals surface area contributed by atoms with Crippen LogP contribution in [0.4, 0.5) is 5.69 Å². The zero-order valence-electron chi connectivity index (χ0n) is 10.5. The van der Waals surface area contributed by atoms with Gasteiger partial charge in [-0.1, -0.05) is 32.9 Å². The molecule has 17 heavy (non-hydrogen) atoms. The van der Waals surface area contributed by atoms with Crippen molar-refractivity contribution in [2.24, 2.45) is 0 Å². The summed E-state index contributed by atoms with van der Waals surface area (Å²) in [5.41, 5.74) is 1.96. The summed E-state index contributed by atoms with van der Waals surface area (Å²) in [6.07, 6.45) is 0.666. The van der Waals surface area contributed by atoms with Crippen molar-refractivity contribution in [1.29, 1.82) is 0 Å². The fourth-order valence-electron chi connectivity index (χ4n) is 1.98. The molecule has 3 nitrogen and oxygen atoms in total. The molecular weight excluding hydrogens is 214 g/mol. The fourth-order valence-corrected chi connectivity index (χ4v) is 1.98. The van der Waals surface area contributed by atoms with E-state index in [0.717, 1.165) is 0 Å². The first-order chi connectivity index (χ1) is 7.89. The highest BCUT2D eigenvalue weighted by atomic mass is 16.2. The highest BCUT2D eigenvalue weighted by Gasteiger charge is 2.30. The topological polar surface area (TPSA) is 37.4 Å². The van der Waals surface area contributed by atoms with E-state index in [1.165, 1.54) is 10.5 Å². The molecule has 1 aliphatic rings. The third-order valence-electron chi connectivity index (χ3n) is 3.04. The van der Waals surface area contributed by atoms with Crippen LogP contribution in [0, 0.1) is 0 Å². The van der Waals surface area contributed by atoms with Crippen LogP contribution in [0.3, 0.4) is 0 Å². The number of imide groups is 1. The van der Waals surface area contributed by atoms with Crippen LogP contribution in [0.5, 0.6) is 0 Å². The van der Waals surface area contributed by atoms with Crippen molar-refractivity contribution >= 4 is 17.5 Å². The molecule has 1 aromatic carbocycles.